The summed E-state index contributed by atoms with van der Waals surface area (Å²) in [4.78, 5) is 17.0. The van der Waals surface area contributed by atoms with Crippen molar-refractivity contribution in [3.8, 4) is 17.2 Å². The maximum absolute atomic E-state index is 14.8. The molecule has 0 saturated carbocycles. The zero-order valence-electron chi connectivity index (χ0n) is 20.7. The lowest BCUT2D eigenvalue weighted by molar-refractivity contribution is -0.140. The largest absolute Gasteiger partial charge is 0.505 e. The van der Waals surface area contributed by atoms with Gasteiger partial charge in [-0.1, -0.05) is 0 Å². The summed E-state index contributed by atoms with van der Waals surface area (Å²) in [5, 5.41) is 10.9. The van der Waals surface area contributed by atoms with Gasteiger partial charge in [-0.2, -0.15) is 22.0 Å². The van der Waals surface area contributed by atoms with Crippen LogP contribution in [0.4, 0.5) is 26.3 Å². The third kappa shape index (κ3) is 6.08. The van der Waals surface area contributed by atoms with Crippen LogP contribution in [0.3, 0.4) is 0 Å². The number of methoxy groups -OCH3 is 1. The molecular weight excluding hydrogens is 558 g/mol. The number of benzene rings is 2. The van der Waals surface area contributed by atoms with E-state index in [2.05, 4.69) is 9.39 Å². The first-order valence-electron chi connectivity index (χ1n) is 10.9. The Balaban J connectivity index is 2.36. The van der Waals surface area contributed by atoms with Gasteiger partial charge < -0.3 is 19.3 Å². The fraction of sp³-hybridized carbons (Fsp3) is 0.292. The first-order chi connectivity index (χ1) is 18.2. The molecule has 0 radical (unpaired) electrons. The summed E-state index contributed by atoms with van der Waals surface area (Å²) in [7, 11) is -0.918. The highest BCUT2D eigenvalue weighted by Gasteiger charge is 2.39. The average Bonchev–Trinajstić information content (AvgIpc) is 2.84. The number of alkyl halides is 3. The number of carbonyl (C=O) groups is 1. The Kier molecular flexibility index (Phi) is 8.73. The van der Waals surface area contributed by atoms with Crippen LogP contribution in [0, 0.1) is 17.5 Å². The van der Waals surface area contributed by atoms with Crippen LogP contribution in [0.2, 0.25) is 0 Å². The van der Waals surface area contributed by atoms with Crippen molar-refractivity contribution < 1.29 is 54.7 Å². The Labute approximate surface area is 220 Å². The number of nitrogens with zero attached hydrogens (tertiary/aromatic N) is 2. The minimum Gasteiger partial charge on any atom is -0.505 e. The number of dihydropyridines is 1. The lowest BCUT2D eigenvalue weighted by atomic mass is 9.93. The van der Waals surface area contributed by atoms with E-state index in [0.29, 0.717) is 12.1 Å². The Morgan fingerprint density at radius 1 is 1.15 bits per heavy atom. The number of aliphatic imine (C=N–C) groups is 1. The lowest BCUT2D eigenvalue weighted by Crippen LogP contribution is -2.32. The number of carbonyl (C=O) groups excluding carboxylic acids is 1. The zero-order chi connectivity index (χ0) is 29.2. The van der Waals surface area contributed by atoms with Gasteiger partial charge in [-0.15, -0.1) is 0 Å². The van der Waals surface area contributed by atoms with E-state index in [-0.39, 0.29) is 18.4 Å². The second-order valence-electron chi connectivity index (χ2n) is 7.82. The van der Waals surface area contributed by atoms with Crippen LogP contribution in [0.25, 0.3) is 0 Å². The molecule has 1 N–H and O–H groups in total. The molecule has 15 heteroatoms. The van der Waals surface area contributed by atoms with Crippen molar-refractivity contribution in [2.24, 2.45) is 9.39 Å². The van der Waals surface area contributed by atoms with E-state index in [1.54, 1.807) is 0 Å². The van der Waals surface area contributed by atoms with Gasteiger partial charge in [0, 0.05) is 11.8 Å². The molecule has 1 aliphatic heterocycles. The van der Waals surface area contributed by atoms with Crippen LogP contribution >= 0.6 is 0 Å². The van der Waals surface area contributed by atoms with Gasteiger partial charge in [0.1, 0.15) is 33.8 Å². The van der Waals surface area contributed by atoms with Gasteiger partial charge in [0.25, 0.3) is 0 Å². The van der Waals surface area contributed by atoms with E-state index in [4.69, 9.17) is 14.2 Å². The molecule has 0 aromatic heterocycles. The summed E-state index contributed by atoms with van der Waals surface area (Å²) in [6.07, 6.45) is -4.05. The maximum Gasteiger partial charge on any atom is 0.419 e. The molecule has 0 fully saturated rings. The third-order valence-corrected chi connectivity index (χ3v) is 5.66. The van der Waals surface area contributed by atoms with Crippen molar-refractivity contribution in [2.75, 3.05) is 20.0 Å². The first kappa shape index (κ1) is 29.7. The normalized spacial score (nSPS) is 17.6. The van der Waals surface area contributed by atoms with Crippen LogP contribution in [0.5, 0.6) is 17.2 Å². The topological polar surface area (TPSA) is 107 Å². The summed E-state index contributed by atoms with van der Waals surface area (Å²) < 4.78 is 114. The minimum atomic E-state index is -5.21. The van der Waals surface area contributed by atoms with Crippen molar-refractivity contribution in [2.45, 2.75) is 26.1 Å². The standard InChI is InChI=1S/C24H20F6N2O6S/c1-5-37-23(34)17-20(31-10(2)19(21(17)33)32-39(4)35)11-8-14(26)12(24(28,29)30)9-16(11)38-15-7-6-13(25)18(27)22(15)36-3/h6-10,33H,5H2,1-4H3. The van der Waals surface area contributed by atoms with Gasteiger partial charge in [-0.25, -0.2) is 17.8 Å². The quantitative estimate of drug-likeness (QED) is 0.357. The van der Waals surface area contributed by atoms with E-state index in [1.807, 2.05) is 0 Å². The van der Waals surface area contributed by atoms with Gasteiger partial charge >= 0.3 is 12.1 Å². The molecule has 2 atom stereocenters. The Morgan fingerprint density at radius 3 is 2.38 bits per heavy atom. The summed E-state index contributed by atoms with van der Waals surface area (Å²) in [5.41, 5.74) is -3.99. The molecule has 0 aliphatic carbocycles. The second-order valence-corrected chi connectivity index (χ2v) is 8.85. The van der Waals surface area contributed by atoms with E-state index in [1.165, 1.54) is 20.1 Å². The molecule has 39 heavy (non-hydrogen) atoms. The molecule has 3 rings (SSSR count). The van der Waals surface area contributed by atoms with Crippen molar-refractivity contribution >= 4 is 28.4 Å². The highest BCUT2D eigenvalue weighted by Crippen LogP contribution is 2.41. The predicted octanol–water partition coefficient (Wildman–Crippen LogP) is 5.22. The van der Waals surface area contributed by atoms with E-state index >= 15 is 0 Å². The van der Waals surface area contributed by atoms with Crippen molar-refractivity contribution in [3.05, 3.63) is 64.2 Å². The van der Waals surface area contributed by atoms with E-state index in [9.17, 15) is 40.5 Å². The molecule has 2 unspecified atom stereocenters. The molecule has 210 valence electrons. The summed E-state index contributed by atoms with van der Waals surface area (Å²) in [5.74, 6) is -8.97. The zero-order valence-corrected chi connectivity index (χ0v) is 21.5. The van der Waals surface area contributed by atoms with E-state index in [0.717, 1.165) is 13.2 Å². The molecule has 0 spiro atoms. The number of halogens is 6. The summed E-state index contributed by atoms with van der Waals surface area (Å²) in [6, 6.07) is 0.915. The highest BCUT2D eigenvalue weighted by atomic mass is 32.2. The Hall–Kier alpha value is -3.88. The van der Waals surface area contributed by atoms with E-state index < -0.39 is 92.0 Å². The summed E-state index contributed by atoms with van der Waals surface area (Å²) in [6.45, 7) is 2.57. The maximum atomic E-state index is 14.8. The van der Waals surface area contributed by atoms with Gasteiger partial charge in [0.15, 0.2) is 17.3 Å². The molecule has 2 aromatic carbocycles. The highest BCUT2D eigenvalue weighted by molar-refractivity contribution is 7.83. The molecule has 1 aliphatic rings. The van der Waals surface area contributed by atoms with Crippen molar-refractivity contribution in [3.63, 3.8) is 0 Å². The van der Waals surface area contributed by atoms with Crippen LogP contribution in [0.1, 0.15) is 25.0 Å². The predicted molar refractivity (Wildman–Crippen MR) is 128 cm³/mol. The van der Waals surface area contributed by atoms with Crippen LogP contribution in [-0.2, 0) is 26.7 Å². The van der Waals surface area contributed by atoms with Crippen molar-refractivity contribution in [1.82, 2.24) is 0 Å². The number of hydrogen-bond acceptors (Lipinski definition) is 7. The molecule has 8 nitrogen and oxygen atoms in total. The van der Waals surface area contributed by atoms with Gasteiger partial charge in [0.2, 0.25) is 11.6 Å². The molecule has 0 saturated heterocycles. The Morgan fingerprint density at radius 2 is 1.82 bits per heavy atom. The van der Waals surface area contributed by atoms with Gasteiger partial charge in [-0.05, 0) is 38.1 Å². The number of hydrogen-bond donors (Lipinski definition) is 1. The average molecular weight is 578 g/mol. The smallest absolute Gasteiger partial charge is 0.419 e. The number of esters is 1. The molecular formula is C24H20F6N2O6S. The second kappa shape index (κ2) is 11.5. The fourth-order valence-corrected chi connectivity index (χ4v) is 4.08. The Bertz CT molecular complexity index is 1440. The van der Waals surface area contributed by atoms with Gasteiger partial charge in [-0.3, -0.25) is 4.99 Å². The molecule has 0 bridgehead atoms. The number of rotatable bonds is 7. The number of aliphatic hydroxyl groups excluding tert-OH is 1. The number of aliphatic hydroxyl groups is 1. The van der Waals surface area contributed by atoms with Crippen LogP contribution in [-0.4, -0.2) is 52.7 Å². The van der Waals surface area contributed by atoms with Crippen LogP contribution < -0.4 is 9.47 Å². The monoisotopic (exact) mass is 578 g/mol. The molecule has 0 amide bonds. The SMILES string of the molecule is CCOC(=O)C1=C(O)C(=NS(C)=O)C(C)N=C1c1cc(F)c(C(F)(F)F)cc1Oc1ccc(F)c(F)c1OC. The van der Waals surface area contributed by atoms with Crippen molar-refractivity contribution in [1.29, 1.82) is 0 Å². The number of ether oxygens (including phenoxy) is 3. The third-order valence-electron chi connectivity index (χ3n) is 5.21. The van der Waals surface area contributed by atoms with Crippen LogP contribution in [0.15, 0.2) is 45.0 Å². The molecule has 1 heterocycles. The van der Waals surface area contributed by atoms with Gasteiger partial charge in [0.05, 0.1) is 31.0 Å². The summed E-state index contributed by atoms with van der Waals surface area (Å²) >= 11 is 0. The lowest BCUT2D eigenvalue weighted by Gasteiger charge is -2.24. The minimum absolute atomic E-state index is 0.207. The first-order valence-corrected chi connectivity index (χ1v) is 12.4. The molecule has 2 aromatic rings. The fourth-order valence-electron chi connectivity index (χ4n) is 3.56.